The number of ether oxygens (including phenoxy) is 2. The average molecular weight is 428 g/mol. The van der Waals surface area contributed by atoms with Crippen molar-refractivity contribution in [2.75, 3.05) is 13.2 Å². The molecule has 1 amide bonds. The van der Waals surface area contributed by atoms with Gasteiger partial charge in [-0.3, -0.25) is 4.79 Å². The number of esters is 1. The van der Waals surface area contributed by atoms with Crippen molar-refractivity contribution >= 4 is 11.9 Å². The van der Waals surface area contributed by atoms with Gasteiger partial charge in [-0.2, -0.15) is 0 Å². The fourth-order valence-electron chi connectivity index (χ4n) is 6.53. The van der Waals surface area contributed by atoms with E-state index in [0.29, 0.717) is 5.75 Å². The Balaban J connectivity index is 1.20. The number of carbonyl (C=O) groups is 2. The van der Waals surface area contributed by atoms with Crippen LogP contribution in [0.5, 0.6) is 5.75 Å². The lowest BCUT2D eigenvalue weighted by Gasteiger charge is -2.59. The van der Waals surface area contributed by atoms with E-state index in [4.69, 9.17) is 9.47 Å². The summed E-state index contributed by atoms with van der Waals surface area (Å²) in [6, 6.07) is 7.84. The van der Waals surface area contributed by atoms with Crippen LogP contribution in [0.15, 0.2) is 24.3 Å². The minimum absolute atomic E-state index is 0.0676. The number of hydrogen-bond donors (Lipinski definition) is 1. The Labute approximate surface area is 186 Å². The molecule has 31 heavy (non-hydrogen) atoms. The van der Waals surface area contributed by atoms with Crippen LogP contribution >= 0.6 is 0 Å². The summed E-state index contributed by atoms with van der Waals surface area (Å²) in [5, 5.41) is 3.13. The summed E-state index contributed by atoms with van der Waals surface area (Å²) in [5.41, 5.74) is 1.52. The quantitative estimate of drug-likeness (QED) is 0.645. The van der Waals surface area contributed by atoms with Gasteiger partial charge in [0.25, 0.3) is 5.91 Å². The fraction of sp³-hybridized carbons (Fsp3) is 0.692. The SMILES string of the molecule is C[C@H](NC(=O)COC(=O)COc1ccc(C(C)(C)C)cc1)C12CC3CC(CC(C3)C1)C2. The monoisotopic (exact) mass is 427 g/mol. The van der Waals surface area contributed by atoms with Crippen LogP contribution in [0.3, 0.4) is 0 Å². The summed E-state index contributed by atoms with van der Waals surface area (Å²) >= 11 is 0. The average Bonchev–Trinajstić information content (AvgIpc) is 2.69. The molecule has 4 aliphatic rings. The van der Waals surface area contributed by atoms with E-state index in [9.17, 15) is 9.59 Å². The van der Waals surface area contributed by atoms with Crippen molar-refractivity contribution < 1.29 is 19.1 Å². The molecule has 0 aliphatic heterocycles. The summed E-state index contributed by atoms with van der Waals surface area (Å²) < 4.78 is 10.7. The molecule has 0 aromatic heterocycles. The van der Waals surface area contributed by atoms with Crippen LogP contribution in [0.4, 0.5) is 0 Å². The third-order valence-electron chi connectivity index (χ3n) is 7.82. The highest BCUT2D eigenvalue weighted by Crippen LogP contribution is 2.61. The molecule has 1 aromatic rings. The van der Waals surface area contributed by atoms with E-state index in [1.165, 1.54) is 44.1 Å². The molecule has 5 nitrogen and oxygen atoms in total. The van der Waals surface area contributed by atoms with E-state index < -0.39 is 5.97 Å². The van der Waals surface area contributed by atoms with Crippen molar-refractivity contribution in [1.29, 1.82) is 0 Å². The van der Waals surface area contributed by atoms with E-state index in [0.717, 1.165) is 17.8 Å². The van der Waals surface area contributed by atoms with Gasteiger partial charge in [-0.25, -0.2) is 4.79 Å². The van der Waals surface area contributed by atoms with E-state index in [2.05, 4.69) is 33.0 Å². The highest BCUT2D eigenvalue weighted by Gasteiger charge is 2.53. The van der Waals surface area contributed by atoms with Crippen molar-refractivity contribution in [3.63, 3.8) is 0 Å². The fourth-order valence-corrected chi connectivity index (χ4v) is 6.53. The second-order valence-electron chi connectivity index (χ2n) is 11.3. The van der Waals surface area contributed by atoms with Crippen LogP contribution < -0.4 is 10.1 Å². The Morgan fingerprint density at radius 2 is 1.55 bits per heavy atom. The van der Waals surface area contributed by atoms with E-state index in [-0.39, 0.29) is 36.0 Å². The van der Waals surface area contributed by atoms with Gasteiger partial charge < -0.3 is 14.8 Å². The number of amides is 1. The minimum atomic E-state index is -0.530. The number of hydrogen-bond acceptors (Lipinski definition) is 4. The van der Waals surface area contributed by atoms with Crippen LogP contribution in [-0.2, 0) is 19.7 Å². The molecule has 1 aromatic carbocycles. The first-order valence-corrected chi connectivity index (χ1v) is 11.8. The van der Waals surface area contributed by atoms with Crippen molar-refractivity contribution in [3.8, 4) is 5.75 Å². The molecule has 170 valence electrons. The molecule has 5 heteroatoms. The van der Waals surface area contributed by atoms with Gasteiger partial charge in [0.15, 0.2) is 13.2 Å². The van der Waals surface area contributed by atoms with Gasteiger partial charge in [-0.05, 0) is 91.7 Å². The largest absolute Gasteiger partial charge is 0.482 e. The molecular formula is C26H37NO4. The lowest BCUT2D eigenvalue weighted by Crippen LogP contribution is -2.56. The summed E-state index contributed by atoms with van der Waals surface area (Å²) in [7, 11) is 0. The predicted molar refractivity (Wildman–Crippen MR) is 120 cm³/mol. The summed E-state index contributed by atoms with van der Waals surface area (Å²) in [6.45, 7) is 8.13. The van der Waals surface area contributed by atoms with E-state index in [1.807, 2.05) is 24.3 Å². The third kappa shape index (κ3) is 5.07. The van der Waals surface area contributed by atoms with Crippen LogP contribution in [0.2, 0.25) is 0 Å². The van der Waals surface area contributed by atoms with Crippen LogP contribution in [0, 0.1) is 23.2 Å². The first-order chi connectivity index (χ1) is 14.6. The highest BCUT2D eigenvalue weighted by atomic mass is 16.6. The maximum Gasteiger partial charge on any atom is 0.344 e. The van der Waals surface area contributed by atoms with Crippen molar-refractivity contribution in [1.82, 2.24) is 5.32 Å². The van der Waals surface area contributed by atoms with E-state index in [1.54, 1.807) is 0 Å². The molecule has 0 radical (unpaired) electrons. The van der Waals surface area contributed by atoms with Crippen molar-refractivity contribution in [2.24, 2.45) is 23.2 Å². The van der Waals surface area contributed by atoms with Crippen LogP contribution in [-0.4, -0.2) is 31.1 Å². The number of nitrogens with one attached hydrogen (secondary N) is 1. The second-order valence-corrected chi connectivity index (χ2v) is 11.3. The minimum Gasteiger partial charge on any atom is -0.482 e. The Morgan fingerprint density at radius 3 is 2.06 bits per heavy atom. The summed E-state index contributed by atoms with van der Waals surface area (Å²) in [6.07, 6.45) is 7.87. The Kier molecular flexibility index (Phi) is 6.06. The predicted octanol–water partition coefficient (Wildman–Crippen LogP) is 4.63. The summed E-state index contributed by atoms with van der Waals surface area (Å²) in [4.78, 5) is 24.5. The molecule has 5 rings (SSSR count). The lowest BCUT2D eigenvalue weighted by atomic mass is 9.48. The van der Waals surface area contributed by atoms with E-state index >= 15 is 0 Å². The normalized spacial score (nSPS) is 30.0. The molecule has 4 fully saturated rings. The number of rotatable bonds is 7. The van der Waals surface area contributed by atoms with Crippen LogP contribution in [0.25, 0.3) is 0 Å². The molecule has 1 N–H and O–H groups in total. The molecule has 4 aliphatic carbocycles. The van der Waals surface area contributed by atoms with Crippen molar-refractivity contribution in [3.05, 3.63) is 29.8 Å². The third-order valence-corrected chi connectivity index (χ3v) is 7.82. The van der Waals surface area contributed by atoms with Gasteiger partial charge in [-0.15, -0.1) is 0 Å². The molecule has 1 atom stereocenters. The zero-order valence-electron chi connectivity index (χ0n) is 19.4. The molecule has 0 unspecified atom stereocenters. The second kappa shape index (κ2) is 8.48. The summed E-state index contributed by atoms with van der Waals surface area (Å²) in [5.74, 6) is 2.41. The Bertz CT molecular complexity index is 772. The van der Waals surface area contributed by atoms with Crippen LogP contribution in [0.1, 0.15) is 71.8 Å². The lowest BCUT2D eigenvalue weighted by molar-refractivity contribution is -0.151. The molecule has 4 saturated carbocycles. The van der Waals surface area contributed by atoms with Gasteiger partial charge in [0.05, 0.1) is 0 Å². The van der Waals surface area contributed by atoms with Crippen molar-refractivity contribution in [2.45, 2.75) is 77.7 Å². The molecule has 0 saturated heterocycles. The Hall–Kier alpha value is -2.04. The topological polar surface area (TPSA) is 64.6 Å². The first-order valence-electron chi connectivity index (χ1n) is 11.8. The highest BCUT2D eigenvalue weighted by molar-refractivity contribution is 5.81. The maximum absolute atomic E-state index is 12.4. The number of carbonyl (C=O) groups excluding carboxylic acids is 2. The van der Waals surface area contributed by atoms with Gasteiger partial charge in [0.1, 0.15) is 5.75 Å². The van der Waals surface area contributed by atoms with Gasteiger partial charge in [-0.1, -0.05) is 32.9 Å². The molecule has 4 bridgehead atoms. The first kappa shape index (κ1) is 22.2. The van der Waals surface area contributed by atoms with Gasteiger partial charge in [0, 0.05) is 6.04 Å². The zero-order chi connectivity index (χ0) is 22.2. The molecular weight excluding hydrogens is 390 g/mol. The maximum atomic E-state index is 12.4. The zero-order valence-corrected chi connectivity index (χ0v) is 19.4. The standard InChI is InChI=1S/C26H37NO4/c1-17(26-12-18-9-19(13-26)11-20(10-18)14-26)27-23(28)15-31-24(29)16-30-22-7-5-21(6-8-22)25(2,3)4/h5-8,17-20H,9-16H2,1-4H3,(H,27,28)/t17-,18?,19?,20?,26?/m0/s1. The van der Waals surface area contributed by atoms with Gasteiger partial charge in [0.2, 0.25) is 0 Å². The Morgan fingerprint density at radius 1 is 1.00 bits per heavy atom. The molecule has 0 spiro atoms. The molecule has 0 heterocycles. The smallest absolute Gasteiger partial charge is 0.344 e. The number of benzene rings is 1. The van der Waals surface area contributed by atoms with Gasteiger partial charge >= 0.3 is 5.97 Å².